The smallest absolute Gasteiger partial charge is 0.222 e. The lowest BCUT2D eigenvalue weighted by molar-refractivity contribution is 0.236. The predicted octanol–water partition coefficient (Wildman–Crippen LogP) is 4.29. The van der Waals surface area contributed by atoms with Crippen LogP contribution in [0.15, 0.2) is 47.3 Å². The van der Waals surface area contributed by atoms with Gasteiger partial charge in [-0.15, -0.1) is 0 Å². The number of benzene rings is 1. The van der Waals surface area contributed by atoms with Crippen molar-refractivity contribution in [2.75, 3.05) is 7.11 Å². The Morgan fingerprint density at radius 1 is 1.10 bits per heavy atom. The van der Waals surface area contributed by atoms with Crippen LogP contribution in [0.5, 0.6) is 11.6 Å². The van der Waals surface area contributed by atoms with E-state index in [-0.39, 0.29) is 6.10 Å². The highest BCUT2D eigenvalue weighted by Crippen LogP contribution is 2.39. The molecule has 0 aliphatic heterocycles. The molecule has 0 spiro atoms. The summed E-state index contributed by atoms with van der Waals surface area (Å²) in [4.78, 5) is 4.65. The zero-order valence-electron chi connectivity index (χ0n) is 12.3. The summed E-state index contributed by atoms with van der Waals surface area (Å²) < 4.78 is 16.6. The zero-order chi connectivity index (χ0) is 14.8. The van der Waals surface area contributed by atoms with Crippen molar-refractivity contribution in [2.45, 2.75) is 20.0 Å². The van der Waals surface area contributed by atoms with Crippen molar-refractivity contribution in [3.8, 4) is 22.9 Å². The summed E-state index contributed by atoms with van der Waals surface area (Å²) in [7, 11) is 1.65. The maximum absolute atomic E-state index is 5.87. The van der Waals surface area contributed by atoms with Crippen LogP contribution in [0.2, 0.25) is 0 Å². The maximum atomic E-state index is 5.87. The summed E-state index contributed by atoms with van der Waals surface area (Å²) in [5, 5.41) is 1.91. The monoisotopic (exact) mass is 283 g/mol. The van der Waals surface area contributed by atoms with Crippen molar-refractivity contribution >= 4 is 10.8 Å². The first-order valence-electron chi connectivity index (χ1n) is 6.86. The number of hydrogen-bond donors (Lipinski definition) is 0. The number of aromatic nitrogens is 1. The third-order valence-corrected chi connectivity index (χ3v) is 3.18. The Kier molecular flexibility index (Phi) is 3.52. The van der Waals surface area contributed by atoms with E-state index >= 15 is 0 Å². The fourth-order valence-corrected chi connectivity index (χ4v) is 2.32. The van der Waals surface area contributed by atoms with Gasteiger partial charge < -0.3 is 13.9 Å². The lowest BCUT2D eigenvalue weighted by Crippen LogP contribution is -2.08. The van der Waals surface area contributed by atoms with Gasteiger partial charge in [0.25, 0.3) is 0 Å². The number of hydrogen-bond acceptors (Lipinski definition) is 4. The van der Waals surface area contributed by atoms with Crippen molar-refractivity contribution in [3.05, 3.63) is 42.9 Å². The molecule has 4 heteroatoms. The van der Waals surface area contributed by atoms with Crippen molar-refractivity contribution in [3.63, 3.8) is 0 Å². The molecule has 4 nitrogen and oxygen atoms in total. The van der Waals surface area contributed by atoms with E-state index in [0.717, 1.165) is 27.8 Å². The van der Waals surface area contributed by atoms with Crippen LogP contribution in [0.4, 0.5) is 0 Å². The fraction of sp³-hybridized carbons (Fsp3) is 0.235. The molecule has 0 fully saturated rings. The Morgan fingerprint density at radius 3 is 2.48 bits per heavy atom. The second-order valence-electron chi connectivity index (χ2n) is 5.02. The van der Waals surface area contributed by atoms with E-state index in [2.05, 4.69) is 4.98 Å². The van der Waals surface area contributed by atoms with Gasteiger partial charge in [-0.2, -0.15) is 0 Å². The summed E-state index contributed by atoms with van der Waals surface area (Å²) in [5.74, 6) is 1.33. The minimum absolute atomic E-state index is 0.0477. The van der Waals surface area contributed by atoms with Crippen molar-refractivity contribution in [2.24, 2.45) is 0 Å². The third kappa shape index (κ3) is 2.44. The van der Waals surface area contributed by atoms with Crippen LogP contribution < -0.4 is 9.47 Å². The summed E-state index contributed by atoms with van der Waals surface area (Å²) >= 11 is 0. The second kappa shape index (κ2) is 5.48. The molecule has 0 aliphatic carbocycles. The molecular formula is C17H17NO3. The number of nitrogens with zero attached hydrogens (tertiary/aromatic N) is 1. The first-order chi connectivity index (χ1) is 10.2. The van der Waals surface area contributed by atoms with E-state index in [4.69, 9.17) is 13.9 Å². The minimum atomic E-state index is 0.0477. The fourth-order valence-electron chi connectivity index (χ4n) is 2.32. The Balaban J connectivity index is 2.31. The van der Waals surface area contributed by atoms with Gasteiger partial charge in [0.2, 0.25) is 5.88 Å². The third-order valence-electron chi connectivity index (χ3n) is 3.18. The Hall–Kier alpha value is -2.49. The summed E-state index contributed by atoms with van der Waals surface area (Å²) in [5.41, 5.74) is 1.59. The van der Waals surface area contributed by atoms with E-state index in [0.29, 0.717) is 5.88 Å². The molecule has 21 heavy (non-hydrogen) atoms. The molecule has 2 heterocycles. The molecule has 3 aromatic rings. The van der Waals surface area contributed by atoms with Crippen LogP contribution in [0.25, 0.3) is 22.0 Å². The van der Waals surface area contributed by atoms with E-state index in [1.54, 1.807) is 19.6 Å². The lowest BCUT2D eigenvalue weighted by atomic mass is 10.1. The molecule has 0 N–H and O–H groups in total. The van der Waals surface area contributed by atoms with Gasteiger partial charge in [0.1, 0.15) is 5.69 Å². The molecule has 0 atom stereocenters. The average molecular weight is 283 g/mol. The highest BCUT2D eigenvalue weighted by molar-refractivity contribution is 5.96. The average Bonchev–Trinajstić information content (AvgIpc) is 3.00. The van der Waals surface area contributed by atoms with Crippen molar-refractivity contribution in [1.82, 2.24) is 4.98 Å². The molecule has 0 saturated carbocycles. The number of fused-ring (bicyclic) bond motifs is 1. The lowest BCUT2D eigenvalue weighted by Gasteiger charge is -2.16. The largest absolute Gasteiger partial charge is 0.494 e. The first kappa shape index (κ1) is 13.5. The molecule has 0 saturated heterocycles. The number of methoxy groups -OCH3 is 1. The van der Waals surface area contributed by atoms with Crippen LogP contribution in [0, 0.1) is 0 Å². The van der Waals surface area contributed by atoms with Gasteiger partial charge in [-0.05, 0) is 26.0 Å². The van der Waals surface area contributed by atoms with E-state index in [1.807, 2.05) is 44.2 Å². The van der Waals surface area contributed by atoms with Gasteiger partial charge in [-0.3, -0.25) is 0 Å². The Bertz CT molecular complexity index is 748. The molecule has 108 valence electrons. The molecule has 0 unspecified atom stereocenters. The highest BCUT2D eigenvalue weighted by atomic mass is 16.5. The number of rotatable bonds is 4. The van der Waals surface area contributed by atoms with E-state index in [9.17, 15) is 0 Å². The topological polar surface area (TPSA) is 44.5 Å². The molecule has 1 aromatic carbocycles. The van der Waals surface area contributed by atoms with Crippen LogP contribution >= 0.6 is 0 Å². The van der Waals surface area contributed by atoms with Crippen LogP contribution in [0.1, 0.15) is 13.8 Å². The first-order valence-corrected chi connectivity index (χ1v) is 6.86. The number of ether oxygens (including phenoxy) is 2. The molecule has 0 radical (unpaired) electrons. The van der Waals surface area contributed by atoms with Crippen LogP contribution in [-0.4, -0.2) is 18.2 Å². The van der Waals surface area contributed by atoms with Gasteiger partial charge in [0, 0.05) is 16.3 Å². The van der Waals surface area contributed by atoms with Gasteiger partial charge >= 0.3 is 0 Å². The normalized spacial score (nSPS) is 11.0. The van der Waals surface area contributed by atoms with Crippen molar-refractivity contribution < 1.29 is 13.9 Å². The molecule has 0 amide bonds. The van der Waals surface area contributed by atoms with Crippen LogP contribution in [-0.2, 0) is 0 Å². The summed E-state index contributed by atoms with van der Waals surface area (Å²) in [6.07, 6.45) is 3.32. The number of pyridine rings is 1. The minimum Gasteiger partial charge on any atom is -0.494 e. The number of furan rings is 1. The second-order valence-corrected chi connectivity index (χ2v) is 5.02. The standard InChI is InChI=1S/C17H17NO3/c1-11(2)21-17-14-7-5-4-6-13(14)16(19-3)15(18-17)12-8-9-20-10-12/h4-11H,1-3H3. The van der Waals surface area contributed by atoms with E-state index < -0.39 is 0 Å². The van der Waals surface area contributed by atoms with Crippen LogP contribution in [0.3, 0.4) is 0 Å². The highest BCUT2D eigenvalue weighted by Gasteiger charge is 2.18. The van der Waals surface area contributed by atoms with E-state index in [1.165, 1.54) is 0 Å². The molecule has 2 aromatic heterocycles. The molecule has 0 aliphatic rings. The summed E-state index contributed by atoms with van der Waals surface area (Å²) in [6.45, 7) is 3.97. The molecule has 0 bridgehead atoms. The molecular weight excluding hydrogens is 266 g/mol. The van der Waals surface area contributed by atoms with Gasteiger partial charge in [-0.1, -0.05) is 18.2 Å². The van der Waals surface area contributed by atoms with Gasteiger partial charge in [0.05, 0.1) is 25.7 Å². The predicted molar refractivity (Wildman–Crippen MR) is 81.8 cm³/mol. The quantitative estimate of drug-likeness (QED) is 0.716. The SMILES string of the molecule is COc1c(-c2ccoc2)nc(OC(C)C)c2ccccc12. The maximum Gasteiger partial charge on any atom is 0.222 e. The Labute approximate surface area is 123 Å². The summed E-state index contributed by atoms with van der Waals surface area (Å²) in [6, 6.07) is 9.80. The van der Waals surface area contributed by atoms with Gasteiger partial charge in [-0.25, -0.2) is 4.98 Å². The Morgan fingerprint density at radius 2 is 1.86 bits per heavy atom. The molecule has 3 rings (SSSR count). The van der Waals surface area contributed by atoms with Gasteiger partial charge in [0.15, 0.2) is 5.75 Å². The van der Waals surface area contributed by atoms with Crippen molar-refractivity contribution in [1.29, 1.82) is 0 Å². The zero-order valence-corrected chi connectivity index (χ0v) is 12.3.